The number of nitrogens with one attached hydrogen (secondary N) is 1. The van der Waals surface area contributed by atoms with Gasteiger partial charge in [-0.05, 0) is 11.1 Å². The molecule has 2 amide bonds. The number of hydrogen-bond donors (Lipinski definition) is 1. The van der Waals surface area contributed by atoms with Gasteiger partial charge in [0.15, 0.2) is 0 Å². The van der Waals surface area contributed by atoms with E-state index in [1.165, 1.54) is 12.0 Å². The van der Waals surface area contributed by atoms with E-state index in [0.29, 0.717) is 0 Å². The van der Waals surface area contributed by atoms with Gasteiger partial charge in [-0.2, -0.15) is 0 Å². The van der Waals surface area contributed by atoms with Crippen LogP contribution in [0.2, 0.25) is 0 Å². The molecule has 4 rings (SSSR count). The number of alkyl carbamates (subject to hydrolysis) is 1. The molecule has 3 aromatic rings. The molecule has 0 aliphatic carbocycles. The minimum absolute atomic E-state index is 0.00274. The summed E-state index contributed by atoms with van der Waals surface area (Å²) in [5.41, 5.74) is 1.35. The fourth-order valence-corrected chi connectivity index (χ4v) is 4.09. The van der Waals surface area contributed by atoms with Crippen LogP contribution in [0.1, 0.15) is 22.6 Å². The highest BCUT2D eigenvalue weighted by Crippen LogP contribution is 2.35. The van der Waals surface area contributed by atoms with Crippen molar-refractivity contribution in [2.75, 3.05) is 13.7 Å². The van der Waals surface area contributed by atoms with E-state index in [1.54, 1.807) is 12.1 Å². The Bertz CT molecular complexity index is 1130. The second-order valence-electron chi connectivity index (χ2n) is 8.00. The summed E-state index contributed by atoms with van der Waals surface area (Å²) in [4.78, 5) is 27.2. The molecule has 3 aromatic carbocycles. The van der Waals surface area contributed by atoms with Gasteiger partial charge in [0, 0.05) is 36.7 Å². The molecule has 0 bridgehead atoms. The third-order valence-corrected chi connectivity index (χ3v) is 5.76. The van der Waals surface area contributed by atoms with Crippen LogP contribution in [0.3, 0.4) is 0 Å². The Kier molecular flexibility index (Phi) is 7.06. The lowest BCUT2D eigenvalue weighted by Gasteiger charge is -2.20. The minimum Gasteiger partial charge on any atom is -0.497 e. The van der Waals surface area contributed by atoms with Crippen molar-refractivity contribution in [3.8, 4) is 5.75 Å². The van der Waals surface area contributed by atoms with Gasteiger partial charge in [0.1, 0.15) is 30.0 Å². The number of methoxy groups -OCH3 is 1. The topological polar surface area (TPSA) is 67.9 Å². The summed E-state index contributed by atoms with van der Waals surface area (Å²) < 4.78 is 40.0. The van der Waals surface area contributed by atoms with E-state index in [9.17, 15) is 18.4 Å². The first-order valence-electron chi connectivity index (χ1n) is 10.8. The van der Waals surface area contributed by atoms with Gasteiger partial charge in [0.2, 0.25) is 5.91 Å². The van der Waals surface area contributed by atoms with Gasteiger partial charge < -0.3 is 19.7 Å². The third kappa shape index (κ3) is 5.17. The van der Waals surface area contributed by atoms with Crippen LogP contribution < -0.4 is 10.1 Å². The Morgan fingerprint density at radius 3 is 2.18 bits per heavy atom. The van der Waals surface area contributed by atoms with Crippen LogP contribution in [-0.4, -0.2) is 36.6 Å². The Morgan fingerprint density at radius 1 is 1.00 bits per heavy atom. The van der Waals surface area contributed by atoms with E-state index in [4.69, 9.17) is 9.47 Å². The molecule has 1 aliphatic rings. The first kappa shape index (κ1) is 23.2. The van der Waals surface area contributed by atoms with E-state index in [2.05, 4.69) is 5.32 Å². The molecular weight excluding hydrogens is 442 g/mol. The van der Waals surface area contributed by atoms with Crippen molar-refractivity contribution < 1.29 is 27.8 Å². The maximum Gasteiger partial charge on any atom is 0.408 e. The first-order chi connectivity index (χ1) is 16.5. The second kappa shape index (κ2) is 10.3. The Balaban J connectivity index is 1.57. The van der Waals surface area contributed by atoms with Gasteiger partial charge in [-0.1, -0.05) is 60.7 Å². The third-order valence-electron chi connectivity index (χ3n) is 5.76. The Labute approximate surface area is 196 Å². The van der Waals surface area contributed by atoms with E-state index in [1.807, 2.05) is 48.5 Å². The van der Waals surface area contributed by atoms with Gasteiger partial charge in [0.05, 0.1) is 7.11 Å². The highest BCUT2D eigenvalue weighted by Gasteiger charge is 2.44. The van der Waals surface area contributed by atoms with Gasteiger partial charge in [-0.15, -0.1) is 0 Å². The van der Waals surface area contributed by atoms with Crippen LogP contribution in [-0.2, 0) is 22.7 Å². The lowest BCUT2D eigenvalue weighted by Crippen LogP contribution is -2.44. The zero-order chi connectivity index (χ0) is 24.1. The minimum atomic E-state index is -1.19. The Hall–Kier alpha value is -3.94. The standard InChI is InChI=1S/C26H24F2N2O4/c1-33-19-12-21(27)23(22(28)13-19)20-15-30(14-17-8-4-2-5-9-17)25(31)24(20)29-26(32)34-16-18-10-6-3-7-11-18/h2-13,20,24H,14-16H2,1H3,(H,29,32)/t20-,24-/m0/s1. The van der Waals surface area contributed by atoms with Crippen LogP contribution >= 0.6 is 0 Å². The van der Waals surface area contributed by atoms with Crippen LogP contribution in [0.25, 0.3) is 0 Å². The van der Waals surface area contributed by atoms with Crippen molar-refractivity contribution in [1.29, 1.82) is 0 Å². The molecule has 0 radical (unpaired) electrons. The number of carbonyl (C=O) groups excluding carboxylic acids is 2. The van der Waals surface area contributed by atoms with Crippen molar-refractivity contribution in [3.63, 3.8) is 0 Å². The van der Waals surface area contributed by atoms with E-state index in [-0.39, 0.29) is 31.0 Å². The molecule has 6 nitrogen and oxygen atoms in total. The molecule has 2 atom stereocenters. The summed E-state index contributed by atoms with van der Waals surface area (Å²) in [6, 6.07) is 19.2. The fraction of sp³-hybridized carbons (Fsp3) is 0.231. The second-order valence-corrected chi connectivity index (χ2v) is 8.00. The summed E-state index contributed by atoms with van der Waals surface area (Å²) in [5, 5.41) is 2.53. The lowest BCUT2D eigenvalue weighted by atomic mass is 9.93. The quantitative estimate of drug-likeness (QED) is 0.561. The average Bonchev–Trinajstić information content (AvgIpc) is 3.13. The molecule has 8 heteroatoms. The molecule has 0 unspecified atom stereocenters. The van der Waals surface area contributed by atoms with Crippen LogP contribution in [0.15, 0.2) is 72.8 Å². The lowest BCUT2D eigenvalue weighted by molar-refractivity contribution is -0.129. The van der Waals surface area contributed by atoms with E-state index >= 15 is 0 Å². The molecule has 0 aromatic heterocycles. The smallest absolute Gasteiger partial charge is 0.408 e. The number of carbonyl (C=O) groups is 2. The normalized spacial score (nSPS) is 17.5. The van der Waals surface area contributed by atoms with Crippen molar-refractivity contribution in [2.24, 2.45) is 0 Å². The summed E-state index contributed by atoms with van der Waals surface area (Å²) in [6.45, 7) is 0.265. The molecular formula is C26H24F2N2O4. The molecule has 1 N–H and O–H groups in total. The van der Waals surface area contributed by atoms with Crippen molar-refractivity contribution in [3.05, 3.63) is 101 Å². The maximum atomic E-state index is 14.9. The molecule has 1 saturated heterocycles. The summed E-state index contributed by atoms with van der Waals surface area (Å²) >= 11 is 0. The van der Waals surface area contributed by atoms with Gasteiger partial charge in [0.25, 0.3) is 0 Å². The van der Waals surface area contributed by atoms with Gasteiger partial charge >= 0.3 is 6.09 Å². The molecule has 0 saturated carbocycles. The SMILES string of the molecule is COc1cc(F)c([C@@H]2CN(Cc3ccccc3)C(=O)[C@H]2NC(=O)OCc2ccccc2)c(F)c1. The molecule has 0 spiro atoms. The van der Waals surface area contributed by atoms with Crippen LogP contribution in [0.4, 0.5) is 13.6 Å². The van der Waals surface area contributed by atoms with Crippen molar-refractivity contribution in [2.45, 2.75) is 25.1 Å². The predicted molar refractivity (Wildman–Crippen MR) is 121 cm³/mol. The van der Waals surface area contributed by atoms with Crippen LogP contribution in [0, 0.1) is 11.6 Å². The molecule has 1 heterocycles. The first-order valence-corrected chi connectivity index (χ1v) is 10.8. The number of ether oxygens (including phenoxy) is 2. The molecule has 34 heavy (non-hydrogen) atoms. The zero-order valence-corrected chi connectivity index (χ0v) is 18.5. The zero-order valence-electron chi connectivity index (χ0n) is 18.5. The summed E-state index contributed by atoms with van der Waals surface area (Å²) in [7, 11) is 1.31. The highest BCUT2D eigenvalue weighted by molar-refractivity contribution is 5.89. The van der Waals surface area contributed by atoms with Crippen molar-refractivity contribution in [1.82, 2.24) is 10.2 Å². The highest BCUT2D eigenvalue weighted by atomic mass is 19.1. The number of likely N-dealkylation sites (tertiary alicyclic amines) is 1. The molecule has 1 aliphatic heterocycles. The number of hydrogen-bond acceptors (Lipinski definition) is 4. The van der Waals surface area contributed by atoms with Gasteiger partial charge in [-0.25, -0.2) is 13.6 Å². The molecule has 1 fully saturated rings. The monoisotopic (exact) mass is 466 g/mol. The van der Waals surface area contributed by atoms with E-state index in [0.717, 1.165) is 23.3 Å². The molecule has 176 valence electrons. The fourth-order valence-electron chi connectivity index (χ4n) is 4.09. The number of rotatable bonds is 7. The summed E-state index contributed by atoms with van der Waals surface area (Å²) in [5.74, 6) is -3.07. The summed E-state index contributed by atoms with van der Waals surface area (Å²) in [6.07, 6.45) is -0.844. The largest absolute Gasteiger partial charge is 0.497 e. The number of nitrogens with zero attached hydrogens (tertiary/aromatic N) is 1. The number of amides is 2. The van der Waals surface area contributed by atoms with Gasteiger partial charge in [-0.3, -0.25) is 4.79 Å². The van der Waals surface area contributed by atoms with E-state index < -0.39 is 35.6 Å². The number of halogens is 2. The van der Waals surface area contributed by atoms with Crippen LogP contribution in [0.5, 0.6) is 5.75 Å². The van der Waals surface area contributed by atoms with Crippen molar-refractivity contribution >= 4 is 12.0 Å². The maximum absolute atomic E-state index is 14.9. The average molecular weight is 466 g/mol. The predicted octanol–water partition coefficient (Wildman–Crippen LogP) is 4.39. The number of benzene rings is 3. The Morgan fingerprint density at radius 2 is 1.59 bits per heavy atom.